The van der Waals surface area contributed by atoms with Crippen LogP contribution in [0.4, 0.5) is 0 Å². The van der Waals surface area contributed by atoms with Crippen LogP contribution in [0.2, 0.25) is 0 Å². The Morgan fingerprint density at radius 2 is 2.17 bits per heavy atom. The third-order valence-electron chi connectivity index (χ3n) is 3.04. The van der Waals surface area contributed by atoms with E-state index >= 15 is 0 Å². The Labute approximate surface area is 108 Å². The Hall–Kier alpha value is -2.02. The van der Waals surface area contributed by atoms with E-state index in [1.165, 1.54) is 13.3 Å². The van der Waals surface area contributed by atoms with Crippen LogP contribution in [0.5, 0.6) is 5.88 Å². The van der Waals surface area contributed by atoms with E-state index in [2.05, 4.69) is 16.2 Å². The summed E-state index contributed by atoms with van der Waals surface area (Å²) in [5.74, 6) is 2.92. The van der Waals surface area contributed by atoms with Crippen molar-refractivity contribution in [3.63, 3.8) is 0 Å². The number of hydrogen-bond donors (Lipinski definition) is 1. The van der Waals surface area contributed by atoms with Gasteiger partial charge in [0.25, 0.3) is 5.91 Å². The first-order valence-electron chi connectivity index (χ1n) is 5.91. The minimum atomic E-state index is -0.586. The quantitative estimate of drug-likeness (QED) is 0.809. The molecule has 96 valence electrons. The average molecular weight is 246 g/mol. The summed E-state index contributed by atoms with van der Waals surface area (Å²) >= 11 is 0. The zero-order valence-corrected chi connectivity index (χ0v) is 11.0. The van der Waals surface area contributed by atoms with Crippen molar-refractivity contribution in [2.24, 2.45) is 0 Å². The molecule has 0 spiro atoms. The number of nitrogens with one attached hydrogen (secondary N) is 1. The molecule has 4 nitrogen and oxygen atoms in total. The van der Waals surface area contributed by atoms with E-state index < -0.39 is 5.54 Å². The molecule has 1 aromatic rings. The van der Waals surface area contributed by atoms with Gasteiger partial charge in [0.2, 0.25) is 5.88 Å². The number of rotatable bonds is 5. The van der Waals surface area contributed by atoms with E-state index in [0.29, 0.717) is 24.3 Å². The topological polar surface area (TPSA) is 51.2 Å². The van der Waals surface area contributed by atoms with Crippen molar-refractivity contribution < 1.29 is 9.53 Å². The Kier molecular flexibility index (Phi) is 4.73. The van der Waals surface area contributed by atoms with Crippen LogP contribution in [-0.2, 0) is 0 Å². The highest BCUT2D eigenvalue weighted by molar-refractivity contribution is 5.94. The fraction of sp³-hybridized carbons (Fsp3) is 0.429. The van der Waals surface area contributed by atoms with Crippen LogP contribution in [-0.4, -0.2) is 23.5 Å². The summed E-state index contributed by atoms with van der Waals surface area (Å²) < 4.78 is 4.94. The zero-order valence-electron chi connectivity index (χ0n) is 11.0. The molecule has 0 aliphatic rings. The molecule has 1 amide bonds. The van der Waals surface area contributed by atoms with Crippen LogP contribution >= 0.6 is 0 Å². The van der Waals surface area contributed by atoms with Crippen LogP contribution in [0, 0.1) is 12.3 Å². The third kappa shape index (κ3) is 3.01. The summed E-state index contributed by atoms with van der Waals surface area (Å²) in [6.45, 7) is 3.91. The van der Waals surface area contributed by atoms with Gasteiger partial charge in [0, 0.05) is 12.3 Å². The number of terminal acetylenes is 1. The van der Waals surface area contributed by atoms with Gasteiger partial charge in [-0.25, -0.2) is 4.98 Å². The van der Waals surface area contributed by atoms with Crippen LogP contribution in [0.1, 0.15) is 37.0 Å². The fourth-order valence-electron chi connectivity index (χ4n) is 1.59. The number of carbonyl (C=O) groups excluding carboxylic acids is 1. The molecule has 0 bridgehead atoms. The zero-order chi connectivity index (χ0) is 13.6. The molecule has 0 saturated heterocycles. The normalized spacial score (nSPS) is 10.6. The molecule has 0 aliphatic heterocycles. The summed E-state index contributed by atoms with van der Waals surface area (Å²) in [4.78, 5) is 16.0. The average Bonchev–Trinajstić information content (AvgIpc) is 2.45. The smallest absolute Gasteiger partial charge is 0.254 e. The Balaban J connectivity index is 2.84. The molecule has 1 heterocycles. The van der Waals surface area contributed by atoms with Gasteiger partial charge in [-0.05, 0) is 18.9 Å². The third-order valence-corrected chi connectivity index (χ3v) is 3.04. The summed E-state index contributed by atoms with van der Waals surface area (Å²) in [6, 6.07) is 3.30. The molecule has 0 atom stereocenters. The molecule has 0 aromatic carbocycles. The lowest BCUT2D eigenvalue weighted by Gasteiger charge is -2.26. The molecule has 1 N–H and O–H groups in total. The van der Waals surface area contributed by atoms with Crippen molar-refractivity contribution in [1.29, 1.82) is 0 Å². The minimum Gasteiger partial charge on any atom is -0.481 e. The van der Waals surface area contributed by atoms with E-state index in [1.54, 1.807) is 12.1 Å². The van der Waals surface area contributed by atoms with Gasteiger partial charge in [-0.2, -0.15) is 0 Å². The van der Waals surface area contributed by atoms with Gasteiger partial charge in [-0.1, -0.05) is 19.8 Å². The van der Waals surface area contributed by atoms with Crippen molar-refractivity contribution in [1.82, 2.24) is 10.3 Å². The lowest BCUT2D eigenvalue weighted by atomic mass is 9.93. The van der Waals surface area contributed by atoms with E-state index in [9.17, 15) is 4.79 Å². The largest absolute Gasteiger partial charge is 0.481 e. The molecule has 1 rings (SSSR count). The van der Waals surface area contributed by atoms with Crippen LogP contribution in [0.15, 0.2) is 18.3 Å². The van der Waals surface area contributed by atoms with Gasteiger partial charge >= 0.3 is 0 Å². The fourth-order valence-corrected chi connectivity index (χ4v) is 1.59. The molecular weight excluding hydrogens is 228 g/mol. The van der Waals surface area contributed by atoms with Crippen molar-refractivity contribution in [2.45, 2.75) is 32.2 Å². The Bertz CT molecular complexity index is 442. The van der Waals surface area contributed by atoms with Crippen molar-refractivity contribution in [3.8, 4) is 18.2 Å². The molecule has 4 heteroatoms. The second-order valence-corrected chi connectivity index (χ2v) is 3.98. The summed E-state index contributed by atoms with van der Waals surface area (Å²) in [5.41, 5.74) is -0.117. The molecule has 0 aliphatic carbocycles. The lowest BCUT2D eigenvalue weighted by molar-refractivity contribution is 0.0916. The predicted octanol–water partition coefficient (Wildman–Crippen LogP) is 2.01. The number of amides is 1. The lowest BCUT2D eigenvalue weighted by Crippen LogP contribution is -2.46. The van der Waals surface area contributed by atoms with Crippen LogP contribution in [0.25, 0.3) is 0 Å². The van der Waals surface area contributed by atoms with Crippen molar-refractivity contribution in [3.05, 3.63) is 23.9 Å². The van der Waals surface area contributed by atoms with E-state index in [1.807, 2.05) is 13.8 Å². The number of aromatic nitrogens is 1. The molecular formula is C14H18N2O2. The number of pyridine rings is 1. The standard InChI is InChI=1S/C14H18N2O2/c1-5-14(6-2,7-3)16-13(17)11-8-9-12(18-4)15-10-11/h1,8-10H,6-7H2,2-4H3,(H,16,17). The maximum absolute atomic E-state index is 12.0. The molecule has 18 heavy (non-hydrogen) atoms. The maximum atomic E-state index is 12.0. The summed E-state index contributed by atoms with van der Waals surface area (Å²) in [5, 5.41) is 2.88. The van der Waals surface area contributed by atoms with E-state index in [0.717, 1.165) is 0 Å². The molecule has 0 unspecified atom stereocenters. The highest BCUT2D eigenvalue weighted by atomic mass is 16.5. The number of nitrogens with zero attached hydrogens (tertiary/aromatic N) is 1. The molecule has 0 radical (unpaired) electrons. The second kappa shape index (κ2) is 6.06. The molecule has 0 saturated carbocycles. The summed E-state index contributed by atoms with van der Waals surface area (Å²) in [7, 11) is 1.53. The van der Waals surface area contributed by atoms with Gasteiger partial charge in [-0.15, -0.1) is 6.42 Å². The Morgan fingerprint density at radius 3 is 2.56 bits per heavy atom. The van der Waals surface area contributed by atoms with Gasteiger partial charge in [0.15, 0.2) is 0 Å². The monoisotopic (exact) mass is 246 g/mol. The number of hydrogen-bond acceptors (Lipinski definition) is 3. The first-order chi connectivity index (χ1) is 8.60. The van der Waals surface area contributed by atoms with Gasteiger partial charge in [0.1, 0.15) is 5.54 Å². The van der Waals surface area contributed by atoms with Gasteiger partial charge in [-0.3, -0.25) is 4.79 Å². The number of ether oxygens (including phenoxy) is 1. The SMILES string of the molecule is C#CC(CC)(CC)NC(=O)c1ccc(OC)nc1. The van der Waals surface area contributed by atoms with Crippen molar-refractivity contribution >= 4 is 5.91 Å². The van der Waals surface area contributed by atoms with Crippen molar-refractivity contribution in [2.75, 3.05) is 7.11 Å². The molecule has 1 aromatic heterocycles. The second-order valence-electron chi connectivity index (χ2n) is 3.98. The van der Waals surface area contributed by atoms with Gasteiger partial charge < -0.3 is 10.1 Å². The van der Waals surface area contributed by atoms with Crippen LogP contribution < -0.4 is 10.1 Å². The first kappa shape index (κ1) is 14.0. The van der Waals surface area contributed by atoms with Gasteiger partial charge in [0.05, 0.1) is 12.7 Å². The maximum Gasteiger partial charge on any atom is 0.254 e. The number of methoxy groups -OCH3 is 1. The molecule has 0 fully saturated rings. The number of carbonyl (C=O) groups is 1. The highest BCUT2D eigenvalue weighted by Gasteiger charge is 2.25. The van der Waals surface area contributed by atoms with Crippen LogP contribution in [0.3, 0.4) is 0 Å². The van der Waals surface area contributed by atoms with E-state index in [-0.39, 0.29) is 5.91 Å². The Morgan fingerprint density at radius 1 is 1.50 bits per heavy atom. The predicted molar refractivity (Wildman–Crippen MR) is 70.4 cm³/mol. The van der Waals surface area contributed by atoms with E-state index in [4.69, 9.17) is 11.2 Å². The highest BCUT2D eigenvalue weighted by Crippen LogP contribution is 2.15. The minimum absolute atomic E-state index is 0.216. The summed E-state index contributed by atoms with van der Waals surface area (Å²) in [6.07, 6.45) is 8.35. The first-order valence-corrected chi connectivity index (χ1v) is 5.91.